The Morgan fingerprint density at radius 3 is 2.48 bits per heavy atom. The molecule has 2 aliphatic heterocycles. The Labute approximate surface area is 252 Å². The molecule has 0 radical (unpaired) electrons. The number of aliphatic carboxylic acids is 1. The molecule has 1 aromatic carbocycles. The van der Waals surface area contributed by atoms with Gasteiger partial charge < -0.3 is 14.7 Å². The van der Waals surface area contributed by atoms with Crippen molar-refractivity contribution in [2.75, 3.05) is 31.6 Å². The predicted molar refractivity (Wildman–Crippen MR) is 164 cm³/mol. The van der Waals surface area contributed by atoms with Crippen molar-refractivity contribution in [3.05, 3.63) is 57.3 Å². The highest BCUT2D eigenvalue weighted by molar-refractivity contribution is 7.12. The van der Waals surface area contributed by atoms with E-state index in [1.54, 1.807) is 24.6 Å². The number of carboxylic acids is 1. The zero-order valence-corrected chi connectivity index (χ0v) is 26.0. The Hall–Kier alpha value is -3.21. The lowest BCUT2D eigenvalue weighted by Crippen LogP contribution is -2.46. The van der Waals surface area contributed by atoms with E-state index in [1.807, 2.05) is 4.90 Å². The summed E-state index contributed by atoms with van der Waals surface area (Å²) in [5.74, 6) is -0.505. The Kier molecular flexibility index (Phi) is 9.05. The summed E-state index contributed by atoms with van der Waals surface area (Å²) >= 11 is 1.60. The van der Waals surface area contributed by atoms with Gasteiger partial charge in [0.05, 0.1) is 36.0 Å². The summed E-state index contributed by atoms with van der Waals surface area (Å²) in [6.45, 7) is 11.5. The normalized spacial score (nSPS) is 18.5. The van der Waals surface area contributed by atoms with Gasteiger partial charge in [-0.2, -0.15) is 0 Å². The second kappa shape index (κ2) is 12.6. The average molecular weight is 592 g/mol. The number of benzene rings is 1. The van der Waals surface area contributed by atoms with Crippen LogP contribution in [0.4, 0.5) is 5.82 Å². The van der Waals surface area contributed by atoms with Crippen LogP contribution in [-0.2, 0) is 22.5 Å². The van der Waals surface area contributed by atoms with Crippen LogP contribution >= 0.6 is 11.3 Å². The molecule has 42 heavy (non-hydrogen) atoms. The maximum atomic E-state index is 13.3. The number of likely N-dealkylation sites (tertiary alicyclic amines) is 1. The topological polar surface area (TPSA) is 109 Å². The molecule has 2 aromatic heterocycles. The number of hydrogen-bond acceptors (Lipinski definition) is 9. The van der Waals surface area contributed by atoms with E-state index in [-0.39, 0.29) is 23.7 Å². The number of hydrogen-bond donors (Lipinski definition) is 1. The first-order valence-corrected chi connectivity index (χ1v) is 15.6. The van der Waals surface area contributed by atoms with Crippen LogP contribution < -0.4 is 4.90 Å². The molecule has 0 unspecified atom stereocenters. The van der Waals surface area contributed by atoms with Crippen LogP contribution in [0.1, 0.15) is 71.0 Å². The number of aryl methyl sites for hydroxylation is 2. The summed E-state index contributed by atoms with van der Waals surface area (Å²) in [5.41, 5.74) is 4.52. The lowest BCUT2D eigenvalue weighted by Gasteiger charge is -2.36. The monoisotopic (exact) mass is 591 g/mol. The smallest absolute Gasteiger partial charge is 0.306 e. The highest BCUT2D eigenvalue weighted by atomic mass is 32.1. The number of ketones is 1. The van der Waals surface area contributed by atoms with E-state index in [1.165, 1.54) is 17.3 Å². The second-order valence-corrected chi connectivity index (χ2v) is 13.2. The Morgan fingerprint density at radius 2 is 1.83 bits per heavy atom. The van der Waals surface area contributed by atoms with Crippen molar-refractivity contribution in [2.24, 2.45) is 5.92 Å². The third-order valence-corrected chi connectivity index (χ3v) is 10.0. The molecule has 0 saturated carbocycles. The van der Waals surface area contributed by atoms with Crippen molar-refractivity contribution < 1.29 is 19.4 Å². The summed E-state index contributed by atoms with van der Waals surface area (Å²) in [6.07, 6.45) is 6.69. The molecular formula is C32H41N5O4S. The fourth-order valence-electron chi connectivity index (χ4n) is 6.03. The van der Waals surface area contributed by atoms with Gasteiger partial charge in [0.1, 0.15) is 16.5 Å². The van der Waals surface area contributed by atoms with Gasteiger partial charge in [-0.3, -0.25) is 14.5 Å². The minimum absolute atomic E-state index is 0.120. The molecule has 1 atom stereocenters. The molecule has 4 heterocycles. The summed E-state index contributed by atoms with van der Waals surface area (Å²) in [5, 5.41) is 10.0. The molecule has 0 spiro atoms. The summed E-state index contributed by atoms with van der Waals surface area (Å²) in [7, 11) is 1.78. The molecule has 224 valence electrons. The van der Waals surface area contributed by atoms with Gasteiger partial charge in [-0.25, -0.2) is 15.0 Å². The van der Waals surface area contributed by atoms with Crippen LogP contribution in [0.15, 0.2) is 30.6 Å². The van der Waals surface area contributed by atoms with E-state index in [0.29, 0.717) is 43.5 Å². The van der Waals surface area contributed by atoms with Crippen LogP contribution in [0.2, 0.25) is 0 Å². The van der Waals surface area contributed by atoms with Crippen molar-refractivity contribution in [3.63, 3.8) is 0 Å². The predicted octanol–water partition coefficient (Wildman–Crippen LogP) is 5.33. The Morgan fingerprint density at radius 1 is 1.07 bits per heavy atom. The van der Waals surface area contributed by atoms with Gasteiger partial charge in [0.25, 0.3) is 0 Å². The van der Waals surface area contributed by atoms with Crippen molar-refractivity contribution in [2.45, 2.75) is 78.0 Å². The van der Waals surface area contributed by atoms with E-state index < -0.39 is 5.97 Å². The fraction of sp³-hybridized carbons (Fsp3) is 0.531. The molecule has 1 N–H and O–H groups in total. The van der Waals surface area contributed by atoms with Gasteiger partial charge in [-0.05, 0) is 77.1 Å². The van der Waals surface area contributed by atoms with Gasteiger partial charge in [-0.15, -0.1) is 11.3 Å². The van der Waals surface area contributed by atoms with E-state index in [4.69, 9.17) is 9.72 Å². The molecule has 5 rings (SSSR count). The van der Waals surface area contributed by atoms with E-state index in [9.17, 15) is 14.7 Å². The number of carbonyl (C=O) groups excluding carboxylic acids is 1. The number of Topliss-reactive ketones (excluding diaryl/α,β-unsaturated/α-hetero) is 1. The maximum absolute atomic E-state index is 13.3. The molecule has 9 nitrogen and oxygen atoms in total. The zero-order chi connectivity index (χ0) is 30.0. The number of thiazole rings is 1. The van der Waals surface area contributed by atoms with E-state index in [0.717, 1.165) is 47.1 Å². The minimum atomic E-state index is -0.744. The lowest BCUT2D eigenvalue weighted by atomic mass is 9.96. The van der Waals surface area contributed by atoms with E-state index in [2.05, 4.69) is 60.8 Å². The first-order chi connectivity index (χ1) is 20.1. The van der Waals surface area contributed by atoms with Crippen LogP contribution in [0.3, 0.4) is 0 Å². The van der Waals surface area contributed by atoms with Gasteiger partial charge >= 0.3 is 5.97 Å². The first kappa shape index (κ1) is 30.3. The summed E-state index contributed by atoms with van der Waals surface area (Å²) < 4.78 is 5.86. The highest BCUT2D eigenvalue weighted by Crippen LogP contribution is 2.36. The van der Waals surface area contributed by atoms with Gasteiger partial charge in [0.2, 0.25) is 0 Å². The molecule has 0 aliphatic carbocycles. The fourth-order valence-corrected chi connectivity index (χ4v) is 7.15. The molecule has 0 amide bonds. The zero-order valence-electron chi connectivity index (χ0n) is 25.2. The molecule has 2 aliphatic rings. The number of aromatic nitrogens is 3. The number of piperidine rings is 1. The average Bonchev–Trinajstić information content (AvgIpc) is 3.62. The molecule has 0 bridgehead atoms. The second-order valence-electron chi connectivity index (χ2n) is 12.1. The SMILES string of the molecule is COC(C)(C)[C@@H]1CCCN1Cc1sc(CC(=O)c2cnc(N3CCC(C(=O)O)CC3)cn2)nc1-c1ccc(C)c(C)c1. The van der Waals surface area contributed by atoms with Crippen LogP contribution in [0, 0.1) is 19.8 Å². The third-order valence-electron chi connectivity index (χ3n) is 8.96. The molecule has 3 aromatic rings. The van der Waals surface area contributed by atoms with Crippen LogP contribution in [0.25, 0.3) is 11.3 Å². The Balaban J connectivity index is 1.34. The minimum Gasteiger partial charge on any atom is -0.481 e. The Bertz CT molecular complexity index is 1430. The molecule has 2 fully saturated rings. The lowest BCUT2D eigenvalue weighted by molar-refractivity contribution is -0.142. The third kappa shape index (κ3) is 6.55. The highest BCUT2D eigenvalue weighted by Gasteiger charge is 2.38. The van der Waals surface area contributed by atoms with Crippen molar-refractivity contribution in [1.29, 1.82) is 0 Å². The standard InChI is InChI=1S/C32H41N5O4S/c1-20-8-9-23(15-21(20)2)30-26(19-37-12-6-7-27(37)32(3,4)41-5)42-29(35-30)16-25(38)24-17-34-28(18-33-24)36-13-10-22(11-14-36)31(39)40/h8-9,15,17-18,22,27H,6-7,10-14,16,19H2,1-5H3,(H,39,40)/t27-/m0/s1. The summed E-state index contributed by atoms with van der Waals surface area (Å²) in [6, 6.07) is 6.75. The number of nitrogens with zero attached hydrogens (tertiary/aromatic N) is 5. The number of methoxy groups -OCH3 is 1. The van der Waals surface area contributed by atoms with E-state index >= 15 is 0 Å². The van der Waals surface area contributed by atoms with Crippen molar-refractivity contribution in [3.8, 4) is 11.3 Å². The molecule has 10 heteroatoms. The number of rotatable bonds is 10. The van der Waals surface area contributed by atoms with Gasteiger partial charge in [0, 0.05) is 43.2 Å². The summed E-state index contributed by atoms with van der Waals surface area (Å²) in [4.78, 5) is 44.2. The quantitative estimate of drug-likeness (QED) is 0.313. The first-order valence-electron chi connectivity index (χ1n) is 14.7. The van der Waals surface area contributed by atoms with Crippen LogP contribution in [-0.4, -0.2) is 75.1 Å². The van der Waals surface area contributed by atoms with Crippen molar-refractivity contribution >= 4 is 28.9 Å². The van der Waals surface area contributed by atoms with Crippen LogP contribution in [0.5, 0.6) is 0 Å². The van der Waals surface area contributed by atoms with Crippen molar-refractivity contribution in [1.82, 2.24) is 19.9 Å². The number of anilines is 1. The van der Waals surface area contributed by atoms with Gasteiger partial charge in [-0.1, -0.05) is 12.1 Å². The number of carboxylic acid groups (broad SMARTS) is 1. The van der Waals surface area contributed by atoms with Gasteiger partial charge in [0.15, 0.2) is 5.78 Å². The number of ether oxygens (including phenoxy) is 1. The largest absolute Gasteiger partial charge is 0.481 e. The molecular weight excluding hydrogens is 550 g/mol. The molecule has 2 saturated heterocycles. The maximum Gasteiger partial charge on any atom is 0.306 e. The number of carbonyl (C=O) groups is 2.